The molecule has 4 aromatic rings. The van der Waals surface area contributed by atoms with E-state index < -0.39 is 6.23 Å². The summed E-state index contributed by atoms with van der Waals surface area (Å²) in [6, 6.07) is 18.7. The number of rotatable bonds is 6. The summed E-state index contributed by atoms with van der Waals surface area (Å²) >= 11 is 0. The summed E-state index contributed by atoms with van der Waals surface area (Å²) < 4.78 is 0. The summed E-state index contributed by atoms with van der Waals surface area (Å²) in [7, 11) is 0. The average Bonchev–Trinajstić information content (AvgIpc) is 3.24. The van der Waals surface area contributed by atoms with E-state index in [0.717, 1.165) is 22.4 Å². The van der Waals surface area contributed by atoms with Crippen molar-refractivity contribution in [2.75, 3.05) is 10.6 Å². The first-order valence-corrected chi connectivity index (χ1v) is 9.46. The first kappa shape index (κ1) is 19.4. The lowest BCUT2D eigenvalue weighted by molar-refractivity contribution is -0.114. The molecule has 7 nitrogen and oxygen atoms in total. The van der Waals surface area contributed by atoms with E-state index in [-0.39, 0.29) is 5.91 Å². The number of H-pyrrole nitrogens is 1. The zero-order valence-electron chi connectivity index (χ0n) is 16.3. The number of anilines is 2. The number of nitrogens with zero attached hydrogens (tertiary/aromatic N) is 2. The summed E-state index contributed by atoms with van der Waals surface area (Å²) in [6.07, 6.45) is 4.33. The summed E-state index contributed by atoms with van der Waals surface area (Å²) in [5.41, 5.74) is 5.79. The van der Waals surface area contributed by atoms with E-state index in [9.17, 15) is 9.90 Å². The maximum absolute atomic E-state index is 11.3. The highest BCUT2D eigenvalue weighted by Gasteiger charge is 2.13. The number of benzene rings is 2. The lowest BCUT2D eigenvalue weighted by atomic mass is 10.0. The van der Waals surface area contributed by atoms with Gasteiger partial charge in [-0.2, -0.15) is 5.10 Å². The summed E-state index contributed by atoms with van der Waals surface area (Å²) in [5.74, 6) is -0.148. The Morgan fingerprint density at radius 3 is 2.57 bits per heavy atom. The van der Waals surface area contributed by atoms with E-state index in [2.05, 4.69) is 25.8 Å². The van der Waals surface area contributed by atoms with Crippen LogP contribution in [0.4, 0.5) is 11.4 Å². The monoisotopic (exact) mass is 399 g/mol. The van der Waals surface area contributed by atoms with Crippen LogP contribution < -0.4 is 10.6 Å². The quantitative estimate of drug-likeness (QED) is 0.364. The second-order valence-electron chi connectivity index (χ2n) is 6.83. The van der Waals surface area contributed by atoms with Gasteiger partial charge in [0.1, 0.15) is 0 Å². The van der Waals surface area contributed by atoms with Gasteiger partial charge in [0.15, 0.2) is 6.23 Å². The van der Waals surface area contributed by atoms with Crippen molar-refractivity contribution in [1.82, 2.24) is 15.2 Å². The molecule has 7 heteroatoms. The molecule has 0 radical (unpaired) electrons. The molecule has 0 bridgehead atoms. The summed E-state index contributed by atoms with van der Waals surface area (Å²) in [5, 5.41) is 23.8. The third-order valence-corrected chi connectivity index (χ3v) is 4.61. The van der Waals surface area contributed by atoms with Crippen LogP contribution in [0.2, 0.25) is 0 Å². The normalized spacial score (nSPS) is 11.7. The number of carbonyl (C=O) groups excluding carboxylic acids is 1. The van der Waals surface area contributed by atoms with Crippen LogP contribution in [0.25, 0.3) is 22.4 Å². The lowest BCUT2D eigenvalue weighted by Crippen LogP contribution is -2.11. The van der Waals surface area contributed by atoms with Crippen LogP contribution in [-0.4, -0.2) is 26.2 Å². The Morgan fingerprint density at radius 1 is 1.00 bits per heavy atom. The number of aliphatic hydroxyl groups excluding tert-OH is 1. The Labute approximate surface area is 173 Å². The van der Waals surface area contributed by atoms with Crippen LogP contribution in [0.15, 0.2) is 79.3 Å². The van der Waals surface area contributed by atoms with Crippen LogP contribution >= 0.6 is 0 Å². The molecular formula is C23H21N5O2. The highest BCUT2D eigenvalue weighted by molar-refractivity contribution is 5.89. The highest BCUT2D eigenvalue weighted by atomic mass is 16.3. The molecule has 150 valence electrons. The van der Waals surface area contributed by atoms with Crippen molar-refractivity contribution in [3.05, 3.63) is 84.8 Å². The first-order chi connectivity index (χ1) is 14.6. The highest BCUT2D eigenvalue weighted by Crippen LogP contribution is 2.31. The number of carbonyl (C=O) groups is 1. The van der Waals surface area contributed by atoms with Gasteiger partial charge in [-0.1, -0.05) is 24.3 Å². The molecule has 1 atom stereocenters. The molecular weight excluding hydrogens is 378 g/mol. The Hall–Kier alpha value is -3.97. The fraction of sp³-hybridized carbons (Fsp3) is 0.0870. The van der Waals surface area contributed by atoms with E-state index >= 15 is 0 Å². The van der Waals surface area contributed by atoms with E-state index in [4.69, 9.17) is 0 Å². The average molecular weight is 399 g/mol. The summed E-state index contributed by atoms with van der Waals surface area (Å²) in [6.45, 7) is 1.45. The topological polar surface area (TPSA) is 103 Å². The predicted molar refractivity (Wildman–Crippen MR) is 117 cm³/mol. The minimum atomic E-state index is -0.926. The van der Waals surface area contributed by atoms with Crippen LogP contribution in [0.5, 0.6) is 0 Å². The van der Waals surface area contributed by atoms with Gasteiger partial charge >= 0.3 is 0 Å². The molecule has 1 unspecified atom stereocenters. The second-order valence-corrected chi connectivity index (χ2v) is 6.83. The largest absolute Gasteiger partial charge is 0.369 e. The van der Waals surface area contributed by atoms with E-state index in [1.54, 1.807) is 30.7 Å². The number of hydrogen-bond donors (Lipinski definition) is 4. The second kappa shape index (κ2) is 8.59. The van der Waals surface area contributed by atoms with Gasteiger partial charge in [0.25, 0.3) is 0 Å². The number of aromatic amines is 1. The van der Waals surface area contributed by atoms with Crippen LogP contribution in [0.3, 0.4) is 0 Å². The van der Waals surface area contributed by atoms with Crippen LogP contribution in [-0.2, 0) is 4.79 Å². The lowest BCUT2D eigenvalue weighted by Gasteiger charge is -2.16. The van der Waals surface area contributed by atoms with Gasteiger partial charge in [-0.25, -0.2) is 0 Å². The van der Waals surface area contributed by atoms with E-state index in [1.807, 2.05) is 48.5 Å². The van der Waals surface area contributed by atoms with Crippen molar-refractivity contribution in [3.63, 3.8) is 0 Å². The van der Waals surface area contributed by atoms with Crippen molar-refractivity contribution in [2.24, 2.45) is 0 Å². The van der Waals surface area contributed by atoms with Gasteiger partial charge in [0, 0.05) is 47.4 Å². The number of amides is 1. The third-order valence-electron chi connectivity index (χ3n) is 4.61. The van der Waals surface area contributed by atoms with Crippen molar-refractivity contribution in [1.29, 1.82) is 0 Å². The van der Waals surface area contributed by atoms with Gasteiger partial charge < -0.3 is 15.7 Å². The van der Waals surface area contributed by atoms with Gasteiger partial charge in [0.2, 0.25) is 5.91 Å². The summed E-state index contributed by atoms with van der Waals surface area (Å²) in [4.78, 5) is 15.3. The molecule has 4 N–H and O–H groups in total. The van der Waals surface area contributed by atoms with Crippen LogP contribution in [0, 0.1) is 0 Å². The fourth-order valence-electron chi connectivity index (χ4n) is 3.25. The Balaban J connectivity index is 1.57. The van der Waals surface area contributed by atoms with E-state index in [0.29, 0.717) is 16.9 Å². The van der Waals surface area contributed by atoms with Crippen molar-refractivity contribution in [2.45, 2.75) is 13.2 Å². The number of pyridine rings is 1. The molecule has 0 fully saturated rings. The molecule has 1 amide bonds. The Bertz CT molecular complexity index is 1160. The standard InChI is InChI=1S/C23H21N5O2/c1-15(29)26-19-6-3-7-20(13-19)27-23(30)18-5-2-4-17(12-18)22-21(14-25-28-22)16-8-10-24-11-9-16/h2-14,23,27,30H,1H3,(H,25,28)(H,26,29). The van der Waals surface area contributed by atoms with Crippen molar-refractivity contribution >= 4 is 17.3 Å². The zero-order valence-corrected chi connectivity index (χ0v) is 16.3. The zero-order chi connectivity index (χ0) is 20.9. The molecule has 30 heavy (non-hydrogen) atoms. The first-order valence-electron chi connectivity index (χ1n) is 9.46. The molecule has 0 saturated carbocycles. The van der Waals surface area contributed by atoms with Gasteiger partial charge in [-0.3, -0.25) is 14.9 Å². The third kappa shape index (κ3) is 4.37. The molecule has 4 rings (SSSR count). The molecule has 0 aliphatic rings. The minimum Gasteiger partial charge on any atom is -0.369 e. The molecule has 0 aliphatic carbocycles. The molecule has 2 aromatic carbocycles. The van der Waals surface area contributed by atoms with Crippen LogP contribution in [0.1, 0.15) is 18.7 Å². The number of nitrogens with one attached hydrogen (secondary N) is 3. The number of hydrogen-bond acceptors (Lipinski definition) is 5. The molecule has 0 spiro atoms. The van der Waals surface area contributed by atoms with Gasteiger partial charge in [-0.05, 0) is 42.0 Å². The predicted octanol–water partition coefficient (Wildman–Crippen LogP) is 4.20. The molecule has 2 aromatic heterocycles. The number of aliphatic hydroxyl groups is 1. The fourth-order valence-corrected chi connectivity index (χ4v) is 3.25. The smallest absolute Gasteiger partial charge is 0.221 e. The van der Waals surface area contributed by atoms with Crippen molar-refractivity contribution < 1.29 is 9.90 Å². The number of aromatic nitrogens is 3. The minimum absolute atomic E-state index is 0.148. The maximum Gasteiger partial charge on any atom is 0.221 e. The molecule has 2 heterocycles. The Morgan fingerprint density at radius 2 is 1.77 bits per heavy atom. The molecule has 0 saturated heterocycles. The van der Waals surface area contributed by atoms with Gasteiger partial charge in [0.05, 0.1) is 11.9 Å². The molecule has 0 aliphatic heterocycles. The Kier molecular flexibility index (Phi) is 5.54. The van der Waals surface area contributed by atoms with E-state index in [1.165, 1.54) is 6.92 Å². The van der Waals surface area contributed by atoms with Crippen molar-refractivity contribution in [3.8, 4) is 22.4 Å². The SMILES string of the molecule is CC(=O)Nc1cccc(NC(O)c2cccc(-c3[nH]ncc3-c3ccncc3)c2)c1. The van der Waals surface area contributed by atoms with Gasteiger partial charge in [-0.15, -0.1) is 0 Å². The maximum atomic E-state index is 11.3.